The molecule has 1 atom stereocenters. The standard InChI is InChI=1S/C16H19FN2O2/c1-10-4-5-12(9-15(10)21-3)16(19-18)11-6-7-14(20-2)13(17)8-11/h4-9,16,19H,18H2,1-3H3. The molecular weight excluding hydrogens is 271 g/mol. The number of benzene rings is 2. The minimum Gasteiger partial charge on any atom is -0.496 e. The van der Waals surface area contributed by atoms with E-state index in [-0.39, 0.29) is 11.8 Å². The molecule has 1 unspecified atom stereocenters. The highest BCUT2D eigenvalue weighted by atomic mass is 19.1. The van der Waals surface area contributed by atoms with Gasteiger partial charge < -0.3 is 9.47 Å². The molecule has 2 rings (SSSR count). The quantitative estimate of drug-likeness (QED) is 0.656. The van der Waals surface area contributed by atoms with Crippen molar-refractivity contribution >= 4 is 0 Å². The zero-order valence-corrected chi connectivity index (χ0v) is 12.3. The predicted molar refractivity (Wildman–Crippen MR) is 79.8 cm³/mol. The summed E-state index contributed by atoms with van der Waals surface area (Å²) in [5.41, 5.74) is 5.34. The highest BCUT2D eigenvalue weighted by Gasteiger charge is 2.16. The first kappa shape index (κ1) is 15.3. The second kappa shape index (κ2) is 6.56. The van der Waals surface area contributed by atoms with Gasteiger partial charge in [0.15, 0.2) is 11.6 Å². The summed E-state index contributed by atoms with van der Waals surface area (Å²) in [6.45, 7) is 1.96. The van der Waals surface area contributed by atoms with E-state index < -0.39 is 5.82 Å². The van der Waals surface area contributed by atoms with E-state index in [1.54, 1.807) is 19.2 Å². The highest BCUT2D eigenvalue weighted by Crippen LogP contribution is 2.29. The molecule has 0 aliphatic rings. The third-order valence-corrected chi connectivity index (χ3v) is 3.44. The van der Waals surface area contributed by atoms with Gasteiger partial charge in [-0.1, -0.05) is 18.2 Å². The maximum atomic E-state index is 13.9. The van der Waals surface area contributed by atoms with Crippen molar-refractivity contribution in [2.24, 2.45) is 5.84 Å². The van der Waals surface area contributed by atoms with Gasteiger partial charge >= 0.3 is 0 Å². The number of methoxy groups -OCH3 is 2. The summed E-state index contributed by atoms with van der Waals surface area (Å²) < 4.78 is 24.1. The van der Waals surface area contributed by atoms with Crippen molar-refractivity contribution in [3.63, 3.8) is 0 Å². The first-order valence-corrected chi connectivity index (χ1v) is 6.54. The summed E-state index contributed by atoms with van der Waals surface area (Å²) in [6.07, 6.45) is 0. The van der Waals surface area contributed by atoms with Crippen LogP contribution < -0.4 is 20.7 Å². The number of hydrogen-bond donors (Lipinski definition) is 2. The molecular formula is C16H19FN2O2. The Kier molecular flexibility index (Phi) is 4.77. The van der Waals surface area contributed by atoms with Gasteiger partial charge in [0.05, 0.1) is 20.3 Å². The zero-order chi connectivity index (χ0) is 15.4. The van der Waals surface area contributed by atoms with Crippen LogP contribution in [-0.2, 0) is 0 Å². The average Bonchev–Trinajstić information content (AvgIpc) is 2.49. The third kappa shape index (κ3) is 3.15. The SMILES string of the molecule is COc1cc(C(NN)c2ccc(OC)c(F)c2)ccc1C. The minimum atomic E-state index is -0.422. The summed E-state index contributed by atoms with van der Waals surface area (Å²) in [5, 5.41) is 0. The molecule has 0 aliphatic carbocycles. The van der Waals surface area contributed by atoms with Crippen LogP contribution >= 0.6 is 0 Å². The molecule has 5 heteroatoms. The van der Waals surface area contributed by atoms with Crippen molar-refractivity contribution in [3.8, 4) is 11.5 Å². The van der Waals surface area contributed by atoms with Crippen LogP contribution in [0.5, 0.6) is 11.5 Å². The van der Waals surface area contributed by atoms with Gasteiger partial charge in [0, 0.05) is 0 Å². The van der Waals surface area contributed by atoms with Crippen LogP contribution in [-0.4, -0.2) is 14.2 Å². The number of ether oxygens (including phenoxy) is 2. The van der Waals surface area contributed by atoms with E-state index in [1.165, 1.54) is 13.2 Å². The summed E-state index contributed by atoms with van der Waals surface area (Å²) in [4.78, 5) is 0. The predicted octanol–water partition coefficient (Wildman–Crippen LogP) is 2.70. The molecule has 0 amide bonds. The lowest BCUT2D eigenvalue weighted by atomic mass is 9.97. The van der Waals surface area contributed by atoms with Crippen LogP contribution in [0.4, 0.5) is 4.39 Å². The molecule has 0 heterocycles. The lowest BCUT2D eigenvalue weighted by Gasteiger charge is -2.19. The van der Waals surface area contributed by atoms with E-state index >= 15 is 0 Å². The lowest BCUT2D eigenvalue weighted by molar-refractivity contribution is 0.385. The Labute approximate surface area is 123 Å². The highest BCUT2D eigenvalue weighted by molar-refractivity contribution is 5.42. The van der Waals surface area contributed by atoms with Crippen LogP contribution in [0, 0.1) is 12.7 Å². The first-order chi connectivity index (χ1) is 10.1. The van der Waals surface area contributed by atoms with Gasteiger partial charge in [0.25, 0.3) is 0 Å². The van der Waals surface area contributed by atoms with Crippen LogP contribution in [0.25, 0.3) is 0 Å². The fourth-order valence-corrected chi connectivity index (χ4v) is 2.26. The van der Waals surface area contributed by atoms with Crippen molar-refractivity contribution in [2.75, 3.05) is 14.2 Å². The molecule has 0 saturated carbocycles. The normalized spacial score (nSPS) is 12.0. The van der Waals surface area contributed by atoms with Gasteiger partial charge in [-0.15, -0.1) is 0 Å². The van der Waals surface area contributed by atoms with Gasteiger partial charge in [-0.05, 0) is 41.8 Å². The van der Waals surface area contributed by atoms with Crippen molar-refractivity contribution in [3.05, 3.63) is 58.9 Å². The summed E-state index contributed by atoms with van der Waals surface area (Å²) in [6, 6.07) is 10.2. The van der Waals surface area contributed by atoms with E-state index in [2.05, 4.69) is 5.43 Å². The van der Waals surface area contributed by atoms with Crippen molar-refractivity contribution in [1.82, 2.24) is 5.43 Å². The van der Waals surface area contributed by atoms with Gasteiger partial charge in [-0.25, -0.2) is 9.82 Å². The molecule has 0 radical (unpaired) electrons. The molecule has 0 fully saturated rings. The molecule has 2 aromatic rings. The second-order valence-corrected chi connectivity index (χ2v) is 4.72. The molecule has 0 bridgehead atoms. The Bertz CT molecular complexity index is 632. The number of rotatable bonds is 5. The summed E-state index contributed by atoms with van der Waals surface area (Å²) >= 11 is 0. The lowest BCUT2D eigenvalue weighted by Crippen LogP contribution is -2.29. The average molecular weight is 290 g/mol. The number of nitrogens with one attached hydrogen (secondary N) is 1. The molecule has 3 N–H and O–H groups in total. The van der Waals surface area contributed by atoms with E-state index in [9.17, 15) is 4.39 Å². The molecule has 4 nitrogen and oxygen atoms in total. The minimum absolute atomic E-state index is 0.205. The largest absolute Gasteiger partial charge is 0.496 e. The number of hydrazine groups is 1. The smallest absolute Gasteiger partial charge is 0.165 e. The van der Waals surface area contributed by atoms with E-state index in [1.807, 2.05) is 25.1 Å². The van der Waals surface area contributed by atoms with Gasteiger partial charge in [0.2, 0.25) is 0 Å². The Balaban J connectivity index is 2.41. The fraction of sp³-hybridized carbons (Fsp3) is 0.250. The number of halogens is 1. The summed E-state index contributed by atoms with van der Waals surface area (Å²) in [5.74, 6) is 6.19. The van der Waals surface area contributed by atoms with Crippen LogP contribution in [0.1, 0.15) is 22.7 Å². The van der Waals surface area contributed by atoms with Gasteiger partial charge in [0.1, 0.15) is 5.75 Å². The van der Waals surface area contributed by atoms with E-state index in [4.69, 9.17) is 15.3 Å². The second-order valence-electron chi connectivity index (χ2n) is 4.72. The van der Waals surface area contributed by atoms with E-state index in [0.717, 1.165) is 16.9 Å². The third-order valence-electron chi connectivity index (χ3n) is 3.44. The maximum absolute atomic E-state index is 13.9. The van der Waals surface area contributed by atoms with Crippen LogP contribution in [0.15, 0.2) is 36.4 Å². The molecule has 112 valence electrons. The van der Waals surface area contributed by atoms with Crippen molar-refractivity contribution < 1.29 is 13.9 Å². The number of hydrogen-bond acceptors (Lipinski definition) is 4. The Morgan fingerprint density at radius 3 is 2.19 bits per heavy atom. The molecule has 2 aromatic carbocycles. The number of nitrogens with two attached hydrogens (primary N) is 1. The van der Waals surface area contributed by atoms with Gasteiger partial charge in [-0.2, -0.15) is 0 Å². The molecule has 21 heavy (non-hydrogen) atoms. The Morgan fingerprint density at radius 1 is 1.00 bits per heavy atom. The maximum Gasteiger partial charge on any atom is 0.165 e. The molecule has 0 spiro atoms. The zero-order valence-electron chi connectivity index (χ0n) is 12.3. The molecule has 0 aliphatic heterocycles. The van der Waals surface area contributed by atoms with E-state index in [0.29, 0.717) is 5.56 Å². The number of aryl methyl sites for hydroxylation is 1. The van der Waals surface area contributed by atoms with Gasteiger partial charge in [-0.3, -0.25) is 5.84 Å². The Morgan fingerprint density at radius 2 is 1.62 bits per heavy atom. The van der Waals surface area contributed by atoms with Crippen LogP contribution in [0.3, 0.4) is 0 Å². The van der Waals surface area contributed by atoms with Crippen LogP contribution in [0.2, 0.25) is 0 Å². The monoisotopic (exact) mass is 290 g/mol. The topological polar surface area (TPSA) is 56.5 Å². The molecule has 0 aromatic heterocycles. The Hall–Kier alpha value is -2.11. The first-order valence-electron chi connectivity index (χ1n) is 6.54. The molecule has 0 saturated heterocycles. The van der Waals surface area contributed by atoms with Crippen molar-refractivity contribution in [2.45, 2.75) is 13.0 Å². The van der Waals surface area contributed by atoms with Crippen molar-refractivity contribution in [1.29, 1.82) is 0 Å². The fourth-order valence-electron chi connectivity index (χ4n) is 2.26. The summed E-state index contributed by atoms with van der Waals surface area (Å²) in [7, 11) is 3.05.